The standard InChI is InChI=1S/C16H15N3O3S/c1-2-21-13-6-4-3-5-12(13)17-14(20)9-15-18-19-16(22-15)11-7-8-23-10-11/h3-8,10H,2,9H2,1H3,(H,17,20). The molecule has 0 aliphatic rings. The molecule has 3 rings (SSSR count). The maximum Gasteiger partial charge on any atom is 0.248 e. The van der Waals surface area contributed by atoms with E-state index >= 15 is 0 Å². The number of para-hydroxylation sites is 2. The average Bonchev–Trinajstić information content (AvgIpc) is 3.20. The second-order valence-corrected chi connectivity index (χ2v) is 5.45. The number of hydrogen-bond donors (Lipinski definition) is 1. The lowest BCUT2D eigenvalue weighted by Gasteiger charge is -2.10. The number of anilines is 1. The summed E-state index contributed by atoms with van der Waals surface area (Å²) in [7, 11) is 0. The van der Waals surface area contributed by atoms with Gasteiger partial charge in [0.25, 0.3) is 0 Å². The lowest BCUT2D eigenvalue weighted by molar-refractivity contribution is -0.115. The summed E-state index contributed by atoms with van der Waals surface area (Å²) < 4.78 is 11.0. The fourth-order valence-corrected chi connectivity index (χ4v) is 2.64. The van der Waals surface area contributed by atoms with Crippen LogP contribution in [0, 0.1) is 0 Å². The number of nitrogens with zero attached hydrogens (tertiary/aromatic N) is 2. The van der Waals surface area contributed by atoms with Crippen molar-refractivity contribution in [1.82, 2.24) is 10.2 Å². The van der Waals surface area contributed by atoms with E-state index in [0.717, 1.165) is 5.56 Å². The zero-order valence-electron chi connectivity index (χ0n) is 12.5. The Hall–Kier alpha value is -2.67. The van der Waals surface area contributed by atoms with E-state index < -0.39 is 0 Å². The van der Waals surface area contributed by atoms with Gasteiger partial charge in [0, 0.05) is 10.9 Å². The molecule has 0 aliphatic heterocycles. The fraction of sp³-hybridized carbons (Fsp3) is 0.188. The van der Waals surface area contributed by atoms with E-state index in [1.807, 2.05) is 35.9 Å². The van der Waals surface area contributed by atoms with Gasteiger partial charge in [0.2, 0.25) is 17.7 Å². The highest BCUT2D eigenvalue weighted by Crippen LogP contribution is 2.24. The molecule has 0 saturated heterocycles. The van der Waals surface area contributed by atoms with Crippen LogP contribution >= 0.6 is 11.3 Å². The Morgan fingerprint density at radius 2 is 2.17 bits per heavy atom. The summed E-state index contributed by atoms with van der Waals surface area (Å²) in [5.74, 6) is 1.09. The van der Waals surface area contributed by atoms with Gasteiger partial charge in [0.05, 0.1) is 12.3 Å². The van der Waals surface area contributed by atoms with E-state index in [1.165, 1.54) is 0 Å². The Morgan fingerprint density at radius 3 is 2.96 bits per heavy atom. The van der Waals surface area contributed by atoms with Crippen LogP contribution in [-0.2, 0) is 11.2 Å². The molecule has 3 aromatic rings. The summed E-state index contributed by atoms with van der Waals surface area (Å²) in [6.07, 6.45) is 0.0115. The van der Waals surface area contributed by atoms with Crippen molar-refractivity contribution in [3.05, 3.63) is 47.0 Å². The van der Waals surface area contributed by atoms with Crippen LogP contribution in [-0.4, -0.2) is 22.7 Å². The molecule has 6 nitrogen and oxygen atoms in total. The molecule has 0 saturated carbocycles. The van der Waals surface area contributed by atoms with Crippen LogP contribution in [0.25, 0.3) is 11.5 Å². The Bertz CT molecular complexity index is 783. The first-order valence-electron chi connectivity index (χ1n) is 7.13. The number of ether oxygens (including phenoxy) is 1. The molecule has 118 valence electrons. The predicted molar refractivity (Wildman–Crippen MR) is 87.6 cm³/mol. The van der Waals surface area contributed by atoms with E-state index in [4.69, 9.17) is 9.15 Å². The summed E-state index contributed by atoms with van der Waals surface area (Å²) in [6.45, 7) is 2.42. The summed E-state index contributed by atoms with van der Waals surface area (Å²) in [6, 6.07) is 9.17. The van der Waals surface area contributed by atoms with Gasteiger partial charge < -0.3 is 14.5 Å². The number of benzene rings is 1. The van der Waals surface area contributed by atoms with Crippen molar-refractivity contribution in [2.75, 3.05) is 11.9 Å². The smallest absolute Gasteiger partial charge is 0.248 e. The van der Waals surface area contributed by atoms with E-state index in [-0.39, 0.29) is 18.2 Å². The molecule has 2 aromatic heterocycles. The van der Waals surface area contributed by atoms with E-state index in [2.05, 4.69) is 15.5 Å². The minimum atomic E-state index is -0.238. The SMILES string of the molecule is CCOc1ccccc1NC(=O)Cc1nnc(-c2ccsc2)o1. The van der Waals surface area contributed by atoms with Crippen molar-refractivity contribution < 1.29 is 13.9 Å². The summed E-state index contributed by atoms with van der Waals surface area (Å²) in [5, 5.41) is 14.5. The molecule has 0 radical (unpaired) electrons. The number of nitrogens with one attached hydrogen (secondary N) is 1. The minimum absolute atomic E-state index is 0.0115. The van der Waals surface area contributed by atoms with Gasteiger partial charge in [0.1, 0.15) is 12.2 Å². The Labute approximate surface area is 137 Å². The van der Waals surface area contributed by atoms with E-state index in [1.54, 1.807) is 23.5 Å². The molecule has 1 amide bonds. The van der Waals surface area contributed by atoms with Crippen molar-refractivity contribution in [2.45, 2.75) is 13.3 Å². The molecule has 1 aromatic carbocycles. The molecule has 0 aliphatic carbocycles. The maximum atomic E-state index is 12.1. The topological polar surface area (TPSA) is 77.2 Å². The molecule has 1 N–H and O–H groups in total. The van der Waals surface area contributed by atoms with Crippen molar-refractivity contribution in [2.24, 2.45) is 0 Å². The first-order valence-corrected chi connectivity index (χ1v) is 8.07. The zero-order chi connectivity index (χ0) is 16.1. The quantitative estimate of drug-likeness (QED) is 0.750. The molecule has 0 atom stereocenters. The van der Waals surface area contributed by atoms with Gasteiger partial charge in [-0.05, 0) is 30.5 Å². The van der Waals surface area contributed by atoms with Crippen LogP contribution in [0.5, 0.6) is 5.75 Å². The molecule has 2 heterocycles. The molecule has 0 unspecified atom stereocenters. The average molecular weight is 329 g/mol. The number of aromatic nitrogens is 2. The Kier molecular flexibility index (Phi) is 4.68. The first kappa shape index (κ1) is 15.2. The van der Waals surface area contributed by atoms with Crippen molar-refractivity contribution in [3.8, 4) is 17.2 Å². The third-order valence-electron chi connectivity index (χ3n) is 3.01. The van der Waals surface area contributed by atoms with Gasteiger partial charge in [-0.3, -0.25) is 4.79 Å². The lowest BCUT2D eigenvalue weighted by atomic mass is 10.2. The largest absolute Gasteiger partial charge is 0.492 e. The predicted octanol–water partition coefficient (Wildman–Crippen LogP) is 3.38. The molecule has 23 heavy (non-hydrogen) atoms. The van der Waals surface area contributed by atoms with E-state index in [9.17, 15) is 4.79 Å². The third-order valence-corrected chi connectivity index (χ3v) is 3.69. The summed E-state index contributed by atoms with van der Waals surface area (Å²) in [4.78, 5) is 12.1. The highest BCUT2D eigenvalue weighted by atomic mass is 32.1. The van der Waals surface area contributed by atoms with Crippen LogP contribution < -0.4 is 10.1 Å². The number of carbonyl (C=O) groups is 1. The zero-order valence-corrected chi connectivity index (χ0v) is 13.3. The number of hydrogen-bond acceptors (Lipinski definition) is 6. The third kappa shape index (κ3) is 3.75. The molecule has 7 heteroatoms. The maximum absolute atomic E-state index is 12.1. The molecule has 0 fully saturated rings. The van der Waals surface area contributed by atoms with Gasteiger partial charge in [-0.2, -0.15) is 11.3 Å². The van der Waals surface area contributed by atoms with Crippen LogP contribution in [0.3, 0.4) is 0 Å². The van der Waals surface area contributed by atoms with Crippen molar-refractivity contribution in [3.63, 3.8) is 0 Å². The Balaban J connectivity index is 1.66. The van der Waals surface area contributed by atoms with Gasteiger partial charge in [-0.25, -0.2) is 0 Å². The van der Waals surface area contributed by atoms with Gasteiger partial charge in [-0.15, -0.1) is 10.2 Å². The fourth-order valence-electron chi connectivity index (χ4n) is 2.01. The van der Waals surface area contributed by atoms with Gasteiger partial charge >= 0.3 is 0 Å². The molecular formula is C16H15N3O3S. The molecule has 0 spiro atoms. The highest BCUT2D eigenvalue weighted by Gasteiger charge is 2.14. The normalized spacial score (nSPS) is 10.5. The number of amides is 1. The minimum Gasteiger partial charge on any atom is -0.492 e. The number of rotatable bonds is 6. The van der Waals surface area contributed by atoms with Crippen molar-refractivity contribution >= 4 is 22.9 Å². The Morgan fingerprint density at radius 1 is 1.30 bits per heavy atom. The summed E-state index contributed by atoms with van der Waals surface area (Å²) >= 11 is 1.54. The second kappa shape index (κ2) is 7.06. The monoisotopic (exact) mass is 329 g/mol. The number of carbonyl (C=O) groups excluding carboxylic acids is 1. The van der Waals surface area contributed by atoms with Gasteiger partial charge in [0.15, 0.2) is 0 Å². The molecule has 0 bridgehead atoms. The second-order valence-electron chi connectivity index (χ2n) is 4.67. The van der Waals surface area contributed by atoms with E-state index in [0.29, 0.717) is 23.9 Å². The van der Waals surface area contributed by atoms with Crippen molar-refractivity contribution in [1.29, 1.82) is 0 Å². The first-order chi connectivity index (χ1) is 11.3. The van der Waals surface area contributed by atoms with Gasteiger partial charge in [-0.1, -0.05) is 12.1 Å². The lowest BCUT2D eigenvalue weighted by Crippen LogP contribution is -2.15. The van der Waals surface area contributed by atoms with Crippen LogP contribution in [0.2, 0.25) is 0 Å². The van der Waals surface area contributed by atoms with Crippen LogP contribution in [0.4, 0.5) is 5.69 Å². The summed E-state index contributed by atoms with van der Waals surface area (Å²) in [5.41, 5.74) is 1.48. The van der Waals surface area contributed by atoms with Crippen LogP contribution in [0.1, 0.15) is 12.8 Å². The molecular weight excluding hydrogens is 314 g/mol. The number of thiophene rings is 1. The highest BCUT2D eigenvalue weighted by molar-refractivity contribution is 7.08. The van der Waals surface area contributed by atoms with Crippen LogP contribution in [0.15, 0.2) is 45.5 Å².